The van der Waals surface area contributed by atoms with Crippen molar-refractivity contribution < 1.29 is 18.3 Å². The fraction of sp³-hybridized carbons (Fsp3) is 0.0455. The second-order valence-corrected chi connectivity index (χ2v) is 9.64. The first-order valence-corrected chi connectivity index (χ1v) is 11.7. The molecular weight excluding hydrogens is 487 g/mol. The molecule has 4 rings (SSSR count). The number of benzene rings is 3. The Balaban J connectivity index is 1.68. The van der Waals surface area contributed by atoms with Crippen LogP contribution in [-0.4, -0.2) is 31.0 Å². The maximum absolute atomic E-state index is 13.3. The lowest BCUT2D eigenvalue weighted by atomic mass is 10.2. The number of H-pyrrole nitrogens is 1. The Bertz CT molecular complexity index is 1470. The van der Waals surface area contributed by atoms with Gasteiger partial charge < -0.3 is 10.1 Å². The average Bonchev–Trinajstić information content (AvgIpc) is 3.11. The number of carbonyl (C=O) groups excluding carboxylic acids is 1. The number of nitrogens with one attached hydrogen (secondary N) is 1. The summed E-state index contributed by atoms with van der Waals surface area (Å²) in [6.45, 7) is -0.641. The minimum atomic E-state index is -4.16. The summed E-state index contributed by atoms with van der Waals surface area (Å²) in [5.41, 5.74) is 0.868. The average molecular weight is 503 g/mol. The molecular formula is C22H16Cl2N4O4S. The summed E-state index contributed by atoms with van der Waals surface area (Å²) in [7, 11) is -4.16. The smallest absolute Gasteiger partial charge is 0.285 e. The van der Waals surface area contributed by atoms with Crippen LogP contribution in [0.2, 0.25) is 10.0 Å². The summed E-state index contributed by atoms with van der Waals surface area (Å²) in [6.07, 6.45) is 0. The van der Waals surface area contributed by atoms with Crippen molar-refractivity contribution in [2.75, 3.05) is 10.8 Å². The molecule has 0 saturated carbocycles. The highest BCUT2D eigenvalue weighted by molar-refractivity contribution is 7.92. The fourth-order valence-corrected chi connectivity index (χ4v) is 4.87. The number of aromatic hydroxyl groups is 1. The molecule has 0 aliphatic rings. The summed E-state index contributed by atoms with van der Waals surface area (Å²) in [5, 5.41) is 18.8. The highest BCUT2D eigenvalue weighted by atomic mass is 35.5. The van der Waals surface area contributed by atoms with E-state index in [1.165, 1.54) is 36.4 Å². The van der Waals surface area contributed by atoms with E-state index >= 15 is 0 Å². The lowest BCUT2D eigenvalue weighted by Crippen LogP contribution is -2.35. The van der Waals surface area contributed by atoms with Gasteiger partial charge >= 0.3 is 0 Å². The first kappa shape index (κ1) is 22.8. The van der Waals surface area contributed by atoms with E-state index in [2.05, 4.69) is 15.2 Å². The lowest BCUT2D eigenvalue weighted by Gasteiger charge is -2.23. The third-order valence-electron chi connectivity index (χ3n) is 4.70. The molecule has 0 aliphatic carbocycles. The molecule has 0 aliphatic heterocycles. The maximum Gasteiger partial charge on any atom is 0.285 e. The van der Waals surface area contributed by atoms with Crippen LogP contribution in [0.15, 0.2) is 87.9 Å². The SMILES string of the molecule is O=C(CN(c1cccc(Cl)c1)S(=O)(=O)c1ccc(Cl)cc1)N=Nc1c(O)[nH]c2ccccc12. The summed E-state index contributed by atoms with van der Waals surface area (Å²) < 4.78 is 27.5. The second kappa shape index (κ2) is 9.22. The summed E-state index contributed by atoms with van der Waals surface area (Å²) in [6, 6.07) is 18.6. The molecule has 0 spiro atoms. The van der Waals surface area contributed by atoms with Crippen molar-refractivity contribution >= 4 is 61.4 Å². The molecule has 0 atom stereocenters. The van der Waals surface area contributed by atoms with Gasteiger partial charge in [-0.15, -0.1) is 10.2 Å². The van der Waals surface area contributed by atoms with E-state index in [0.29, 0.717) is 20.9 Å². The van der Waals surface area contributed by atoms with Gasteiger partial charge in [0.1, 0.15) is 6.54 Å². The Labute approximate surface area is 199 Å². The van der Waals surface area contributed by atoms with Crippen molar-refractivity contribution in [2.45, 2.75) is 4.90 Å². The standard InChI is InChI=1S/C22H16Cl2N4O4S/c23-14-8-10-17(11-9-14)33(31,32)28(16-5-3-4-15(24)12-16)13-20(29)26-27-21-18-6-1-2-7-19(18)25-22(21)30/h1-12,25,30H,13H2. The largest absolute Gasteiger partial charge is 0.493 e. The Kier molecular flexibility index (Phi) is 6.37. The van der Waals surface area contributed by atoms with Gasteiger partial charge in [-0.05, 0) is 48.5 Å². The van der Waals surface area contributed by atoms with E-state index in [1.54, 1.807) is 36.4 Å². The summed E-state index contributed by atoms with van der Waals surface area (Å²) in [4.78, 5) is 15.3. The molecule has 0 fully saturated rings. The number of amides is 1. The van der Waals surface area contributed by atoms with Crippen molar-refractivity contribution in [1.82, 2.24) is 4.98 Å². The molecule has 0 bridgehead atoms. The number of anilines is 1. The molecule has 3 aromatic carbocycles. The Hall–Kier alpha value is -3.40. The van der Waals surface area contributed by atoms with Gasteiger partial charge in [-0.2, -0.15) is 0 Å². The molecule has 0 radical (unpaired) electrons. The number of aromatic amines is 1. The maximum atomic E-state index is 13.3. The highest BCUT2D eigenvalue weighted by Crippen LogP contribution is 2.35. The van der Waals surface area contributed by atoms with Crippen LogP contribution in [-0.2, 0) is 14.8 Å². The third kappa shape index (κ3) is 4.85. The zero-order valence-electron chi connectivity index (χ0n) is 16.8. The molecule has 168 valence electrons. The van der Waals surface area contributed by atoms with Gasteiger partial charge in [-0.25, -0.2) is 8.42 Å². The normalized spacial score (nSPS) is 11.8. The van der Waals surface area contributed by atoms with E-state index < -0.39 is 22.5 Å². The van der Waals surface area contributed by atoms with Crippen LogP contribution in [0.1, 0.15) is 0 Å². The molecule has 0 unspecified atom stereocenters. The molecule has 1 aromatic heterocycles. The topological polar surface area (TPSA) is 115 Å². The van der Waals surface area contributed by atoms with E-state index in [1.807, 2.05) is 0 Å². The Morgan fingerprint density at radius 1 is 0.970 bits per heavy atom. The van der Waals surface area contributed by atoms with Gasteiger partial charge in [0.15, 0.2) is 5.69 Å². The lowest BCUT2D eigenvalue weighted by molar-refractivity contribution is -0.116. The molecule has 4 aromatic rings. The number of fused-ring (bicyclic) bond motifs is 1. The van der Waals surface area contributed by atoms with Crippen molar-refractivity contribution in [1.29, 1.82) is 0 Å². The number of sulfonamides is 1. The van der Waals surface area contributed by atoms with Crippen LogP contribution in [0.5, 0.6) is 5.88 Å². The number of rotatable bonds is 6. The van der Waals surface area contributed by atoms with Gasteiger partial charge in [0.2, 0.25) is 5.88 Å². The van der Waals surface area contributed by atoms with Crippen LogP contribution in [0.4, 0.5) is 11.4 Å². The number of hydrogen-bond acceptors (Lipinski definition) is 5. The van der Waals surface area contributed by atoms with Gasteiger partial charge in [-0.3, -0.25) is 9.10 Å². The van der Waals surface area contributed by atoms with E-state index in [9.17, 15) is 18.3 Å². The summed E-state index contributed by atoms with van der Waals surface area (Å²) in [5.74, 6) is -1.11. The van der Waals surface area contributed by atoms with Gasteiger partial charge in [0, 0.05) is 15.4 Å². The number of nitrogens with zero attached hydrogens (tertiary/aromatic N) is 3. The van der Waals surface area contributed by atoms with Crippen LogP contribution < -0.4 is 4.31 Å². The number of azo groups is 1. The molecule has 0 saturated heterocycles. The highest BCUT2D eigenvalue weighted by Gasteiger charge is 2.27. The molecule has 8 nitrogen and oxygen atoms in total. The Morgan fingerprint density at radius 2 is 1.70 bits per heavy atom. The van der Waals surface area contributed by atoms with E-state index in [0.717, 1.165) is 4.31 Å². The molecule has 2 N–H and O–H groups in total. The van der Waals surface area contributed by atoms with Crippen molar-refractivity contribution in [3.63, 3.8) is 0 Å². The number of para-hydroxylation sites is 1. The predicted molar refractivity (Wildman–Crippen MR) is 127 cm³/mol. The zero-order chi connectivity index (χ0) is 23.6. The number of aromatic nitrogens is 1. The van der Waals surface area contributed by atoms with Crippen LogP contribution in [0.25, 0.3) is 10.9 Å². The molecule has 1 amide bonds. The summed E-state index contributed by atoms with van der Waals surface area (Å²) >= 11 is 11.9. The van der Waals surface area contributed by atoms with Crippen molar-refractivity contribution in [3.05, 3.63) is 82.8 Å². The number of hydrogen-bond donors (Lipinski definition) is 2. The quantitative estimate of drug-likeness (QED) is 0.329. The van der Waals surface area contributed by atoms with Crippen molar-refractivity contribution in [2.24, 2.45) is 10.2 Å². The minimum absolute atomic E-state index is 0.0640. The fourth-order valence-electron chi connectivity index (χ4n) is 3.15. The second-order valence-electron chi connectivity index (χ2n) is 6.91. The van der Waals surface area contributed by atoms with Gasteiger partial charge in [0.05, 0.1) is 16.1 Å². The molecule has 11 heteroatoms. The predicted octanol–water partition coefficient (Wildman–Crippen LogP) is 5.69. The zero-order valence-corrected chi connectivity index (χ0v) is 19.1. The van der Waals surface area contributed by atoms with E-state index in [4.69, 9.17) is 23.2 Å². The van der Waals surface area contributed by atoms with E-state index in [-0.39, 0.29) is 22.2 Å². The monoisotopic (exact) mass is 502 g/mol. The minimum Gasteiger partial charge on any atom is -0.493 e. The van der Waals surface area contributed by atoms with Crippen molar-refractivity contribution in [3.8, 4) is 5.88 Å². The third-order valence-corrected chi connectivity index (χ3v) is 6.97. The number of carbonyl (C=O) groups is 1. The first-order valence-electron chi connectivity index (χ1n) is 9.54. The van der Waals surface area contributed by atoms with Gasteiger partial charge in [0.25, 0.3) is 15.9 Å². The number of halogens is 2. The molecule has 33 heavy (non-hydrogen) atoms. The first-order chi connectivity index (χ1) is 15.8. The Morgan fingerprint density at radius 3 is 2.42 bits per heavy atom. The van der Waals surface area contributed by atoms with Gasteiger partial charge in [-0.1, -0.05) is 47.5 Å². The van der Waals surface area contributed by atoms with Crippen LogP contribution in [0.3, 0.4) is 0 Å². The molecule has 1 heterocycles. The van der Waals surface area contributed by atoms with Crippen LogP contribution in [0, 0.1) is 0 Å². The van der Waals surface area contributed by atoms with Crippen LogP contribution >= 0.6 is 23.2 Å².